The third kappa shape index (κ3) is 3.24. The molecule has 3 heterocycles. The van der Waals surface area contributed by atoms with Gasteiger partial charge in [-0.05, 0) is 60.7 Å². The highest BCUT2D eigenvalue weighted by Gasteiger charge is 2.21. The Hall–Kier alpha value is -2.52. The summed E-state index contributed by atoms with van der Waals surface area (Å²) in [5, 5.41) is 17.3. The van der Waals surface area contributed by atoms with Gasteiger partial charge in [0.2, 0.25) is 0 Å². The lowest BCUT2D eigenvalue weighted by atomic mass is 9.90. The average molecular weight is 412 g/mol. The minimum atomic E-state index is -0.183. The maximum Gasteiger partial charge on any atom is 0.278 e. The molecule has 1 aliphatic carbocycles. The van der Waals surface area contributed by atoms with Gasteiger partial charge in [0.25, 0.3) is 16.7 Å². The molecule has 4 aromatic rings. The quantitative estimate of drug-likeness (QED) is 0.472. The van der Waals surface area contributed by atoms with Crippen molar-refractivity contribution in [3.63, 3.8) is 0 Å². The van der Waals surface area contributed by atoms with E-state index in [4.69, 9.17) is 4.42 Å². The molecule has 0 bridgehead atoms. The topological polar surface area (TPSA) is 86.7 Å². The average Bonchev–Trinajstić information content (AvgIpc) is 3.34. The first-order valence-corrected chi connectivity index (χ1v) is 10.9. The van der Waals surface area contributed by atoms with Gasteiger partial charge in [0.1, 0.15) is 11.4 Å². The molecule has 0 fully saturated rings. The zero-order valence-corrected chi connectivity index (χ0v) is 16.8. The summed E-state index contributed by atoms with van der Waals surface area (Å²) < 4.78 is 7.12. The number of benzene rings is 1. The molecule has 0 radical (unpaired) electrons. The van der Waals surface area contributed by atoms with E-state index in [9.17, 15) is 4.79 Å². The van der Waals surface area contributed by atoms with Crippen molar-refractivity contribution in [1.29, 1.82) is 0 Å². The molecule has 0 saturated heterocycles. The standard InChI is InChI=1S/C19H17N5O2S2/c1-11-6-7-15-12(8-11)9-16(28-15)17-21-22-19(26-17)27-10-24-18(25)13-4-2-3-5-14(13)20-23-24/h2-5,9,11H,6-8,10H2,1H3/t11-/m0/s1. The van der Waals surface area contributed by atoms with Crippen LogP contribution in [0.5, 0.6) is 0 Å². The number of nitrogens with zero attached hydrogens (tertiary/aromatic N) is 5. The summed E-state index contributed by atoms with van der Waals surface area (Å²) in [5.74, 6) is 1.52. The predicted octanol–water partition coefficient (Wildman–Crippen LogP) is 3.78. The second kappa shape index (κ2) is 7.14. The summed E-state index contributed by atoms with van der Waals surface area (Å²) in [5.41, 5.74) is 1.81. The third-order valence-corrected chi connectivity index (χ3v) is 6.90. The normalized spacial score (nSPS) is 16.4. The Bertz CT molecular complexity index is 1210. The first-order chi connectivity index (χ1) is 13.7. The third-order valence-electron chi connectivity index (χ3n) is 4.89. The van der Waals surface area contributed by atoms with Crippen LogP contribution in [-0.2, 0) is 18.7 Å². The van der Waals surface area contributed by atoms with Gasteiger partial charge in [-0.25, -0.2) is 0 Å². The van der Waals surface area contributed by atoms with Gasteiger partial charge >= 0.3 is 0 Å². The van der Waals surface area contributed by atoms with Crippen LogP contribution < -0.4 is 5.56 Å². The van der Waals surface area contributed by atoms with Gasteiger partial charge in [-0.3, -0.25) is 4.79 Å². The molecule has 0 spiro atoms. The molecule has 7 nitrogen and oxygen atoms in total. The molecule has 3 aromatic heterocycles. The van der Waals surface area contributed by atoms with Crippen molar-refractivity contribution in [2.24, 2.45) is 5.92 Å². The molecule has 9 heteroatoms. The number of thioether (sulfide) groups is 1. The van der Waals surface area contributed by atoms with E-state index in [1.54, 1.807) is 23.5 Å². The van der Waals surface area contributed by atoms with Crippen molar-refractivity contribution in [1.82, 2.24) is 25.2 Å². The van der Waals surface area contributed by atoms with Gasteiger partial charge in [-0.15, -0.1) is 26.6 Å². The lowest BCUT2D eigenvalue weighted by Gasteiger charge is -2.16. The maximum absolute atomic E-state index is 12.5. The van der Waals surface area contributed by atoms with Crippen LogP contribution in [0.15, 0.2) is 44.8 Å². The Balaban J connectivity index is 1.34. The van der Waals surface area contributed by atoms with Crippen molar-refractivity contribution in [2.75, 3.05) is 0 Å². The van der Waals surface area contributed by atoms with E-state index >= 15 is 0 Å². The molecule has 1 aromatic carbocycles. The van der Waals surface area contributed by atoms with Crippen LogP contribution in [0.3, 0.4) is 0 Å². The number of aromatic nitrogens is 5. The molecule has 0 N–H and O–H groups in total. The van der Waals surface area contributed by atoms with Crippen molar-refractivity contribution in [3.05, 3.63) is 51.1 Å². The number of hydrogen-bond acceptors (Lipinski definition) is 8. The smallest absolute Gasteiger partial charge is 0.278 e. The molecule has 142 valence electrons. The first kappa shape index (κ1) is 17.6. The number of rotatable bonds is 4. The van der Waals surface area contributed by atoms with Crippen LogP contribution in [-0.4, -0.2) is 25.2 Å². The molecule has 0 unspecified atom stereocenters. The molecule has 0 aliphatic heterocycles. The van der Waals surface area contributed by atoms with Crippen LogP contribution in [0.4, 0.5) is 0 Å². The van der Waals surface area contributed by atoms with Gasteiger partial charge in [0.05, 0.1) is 10.3 Å². The second-order valence-corrected chi connectivity index (χ2v) is 9.00. The van der Waals surface area contributed by atoms with E-state index in [0.717, 1.165) is 23.6 Å². The SMILES string of the molecule is C[C@H]1CCc2sc(-c3nnc(SCn4nnc5ccccc5c4=O)o3)cc2C1. The zero-order chi connectivity index (χ0) is 19.1. The van der Waals surface area contributed by atoms with Crippen molar-refractivity contribution in [2.45, 2.75) is 37.3 Å². The highest BCUT2D eigenvalue weighted by molar-refractivity contribution is 7.98. The fraction of sp³-hybridized carbons (Fsp3) is 0.316. The van der Waals surface area contributed by atoms with Crippen molar-refractivity contribution >= 4 is 34.0 Å². The van der Waals surface area contributed by atoms with Gasteiger partial charge in [-0.2, -0.15) is 4.68 Å². The van der Waals surface area contributed by atoms with Crippen LogP contribution >= 0.6 is 23.1 Å². The molecule has 0 amide bonds. The number of fused-ring (bicyclic) bond motifs is 2. The maximum atomic E-state index is 12.5. The number of hydrogen-bond donors (Lipinski definition) is 0. The van der Waals surface area contributed by atoms with E-state index in [0.29, 0.717) is 22.0 Å². The van der Waals surface area contributed by atoms with Crippen LogP contribution in [0.25, 0.3) is 21.7 Å². The Morgan fingerprint density at radius 1 is 1.29 bits per heavy atom. The van der Waals surface area contributed by atoms with Crippen molar-refractivity contribution < 1.29 is 4.42 Å². The molecule has 1 atom stereocenters. The van der Waals surface area contributed by atoms with Gasteiger partial charge in [0, 0.05) is 4.88 Å². The monoisotopic (exact) mass is 411 g/mol. The highest BCUT2D eigenvalue weighted by Crippen LogP contribution is 2.37. The molecular weight excluding hydrogens is 394 g/mol. The zero-order valence-electron chi connectivity index (χ0n) is 15.2. The summed E-state index contributed by atoms with van der Waals surface area (Å²) in [6, 6.07) is 9.34. The van der Waals surface area contributed by atoms with Gasteiger partial charge < -0.3 is 4.42 Å². The fourth-order valence-electron chi connectivity index (χ4n) is 3.40. The lowest BCUT2D eigenvalue weighted by molar-refractivity contribution is 0.464. The van der Waals surface area contributed by atoms with Gasteiger partial charge in [-0.1, -0.05) is 24.3 Å². The summed E-state index contributed by atoms with van der Waals surface area (Å²) in [7, 11) is 0. The van der Waals surface area contributed by atoms with E-state index in [2.05, 4.69) is 33.5 Å². The van der Waals surface area contributed by atoms with Crippen LogP contribution in [0.1, 0.15) is 23.8 Å². The highest BCUT2D eigenvalue weighted by atomic mass is 32.2. The van der Waals surface area contributed by atoms with E-state index in [-0.39, 0.29) is 11.4 Å². The minimum absolute atomic E-state index is 0.183. The summed E-state index contributed by atoms with van der Waals surface area (Å²) in [6.07, 6.45) is 3.48. The number of aryl methyl sites for hydroxylation is 1. The van der Waals surface area contributed by atoms with Crippen molar-refractivity contribution in [3.8, 4) is 10.8 Å². The van der Waals surface area contributed by atoms with E-state index in [1.165, 1.54) is 33.3 Å². The minimum Gasteiger partial charge on any atom is -0.410 e. The van der Waals surface area contributed by atoms with Crippen LogP contribution in [0.2, 0.25) is 0 Å². The largest absolute Gasteiger partial charge is 0.410 e. The second-order valence-electron chi connectivity index (χ2n) is 6.96. The molecule has 28 heavy (non-hydrogen) atoms. The lowest BCUT2D eigenvalue weighted by Crippen LogP contribution is -2.23. The Morgan fingerprint density at radius 2 is 2.18 bits per heavy atom. The molecule has 0 saturated carbocycles. The summed E-state index contributed by atoms with van der Waals surface area (Å²) in [4.78, 5) is 14.9. The molecular formula is C19H17N5O2S2. The molecule has 1 aliphatic rings. The van der Waals surface area contributed by atoms with E-state index in [1.807, 2.05) is 12.1 Å². The Kier molecular flexibility index (Phi) is 4.48. The first-order valence-electron chi connectivity index (χ1n) is 9.08. The van der Waals surface area contributed by atoms with Crippen LogP contribution in [0, 0.1) is 5.92 Å². The summed E-state index contributed by atoms with van der Waals surface area (Å²) in [6.45, 7) is 2.29. The predicted molar refractivity (Wildman–Crippen MR) is 108 cm³/mol. The molecule has 5 rings (SSSR count). The van der Waals surface area contributed by atoms with Gasteiger partial charge in [0.15, 0.2) is 0 Å². The Labute approximate surface area is 168 Å². The summed E-state index contributed by atoms with van der Waals surface area (Å²) >= 11 is 3.01. The number of thiophene rings is 1. The fourth-order valence-corrected chi connectivity index (χ4v) is 5.17. The Morgan fingerprint density at radius 3 is 3.11 bits per heavy atom. The van der Waals surface area contributed by atoms with E-state index < -0.39 is 0 Å².